The van der Waals surface area contributed by atoms with Gasteiger partial charge in [-0.3, -0.25) is 14.7 Å². The van der Waals surface area contributed by atoms with Crippen LogP contribution in [0.5, 0.6) is 0 Å². The molecule has 0 saturated carbocycles. The molecule has 3 N–H and O–H groups in total. The van der Waals surface area contributed by atoms with E-state index in [1.54, 1.807) is 6.20 Å². The number of carboxylic acids is 2. The van der Waals surface area contributed by atoms with Crippen molar-refractivity contribution in [1.82, 2.24) is 20.4 Å². The number of hydrogen-bond donors (Lipinski definition) is 3. The number of carbonyl (C=O) groups is 3. The largest absolute Gasteiger partial charge is 0.490 e. The molecule has 2 aliphatic rings. The van der Waals surface area contributed by atoms with Crippen LogP contribution in [0.1, 0.15) is 30.0 Å². The molecule has 2 aromatic heterocycles. The zero-order valence-corrected chi connectivity index (χ0v) is 20.9. The number of carboxylic acid groups (broad SMARTS) is 2. The van der Waals surface area contributed by atoms with Crippen LogP contribution in [0, 0.1) is 12.8 Å². The van der Waals surface area contributed by atoms with E-state index in [2.05, 4.69) is 20.4 Å². The molecule has 2 aliphatic heterocycles. The number of nitrogens with zero attached hydrogens (tertiary/aromatic N) is 3. The van der Waals surface area contributed by atoms with E-state index in [9.17, 15) is 31.1 Å². The van der Waals surface area contributed by atoms with E-state index < -0.39 is 24.3 Å². The van der Waals surface area contributed by atoms with E-state index in [0.29, 0.717) is 18.9 Å². The molecule has 11 nitrogen and oxygen atoms in total. The summed E-state index contributed by atoms with van der Waals surface area (Å²) in [6.07, 6.45) is -6.84. The monoisotopic (exact) mass is 584 g/mol. The SMILES string of the molecule is Cc1cc(CN2C[C@@H]3C[C@H](CC(=O)NCc4ccccn4)O[C@@H]3C2)no1.O=C(O)C(F)(F)F.O=C(O)C(F)(F)F. The van der Waals surface area contributed by atoms with Crippen LogP contribution in [0.2, 0.25) is 0 Å². The van der Waals surface area contributed by atoms with Crippen molar-refractivity contribution in [2.75, 3.05) is 13.1 Å². The molecular formula is C23H26F6N4O7. The highest BCUT2D eigenvalue weighted by Crippen LogP contribution is 2.34. The number of aromatic nitrogens is 2. The lowest BCUT2D eigenvalue weighted by Gasteiger charge is -2.17. The first-order valence-electron chi connectivity index (χ1n) is 11.6. The van der Waals surface area contributed by atoms with Crippen LogP contribution in [-0.2, 0) is 32.2 Å². The molecule has 4 rings (SSSR count). The molecule has 2 saturated heterocycles. The van der Waals surface area contributed by atoms with Crippen LogP contribution in [0.4, 0.5) is 26.3 Å². The van der Waals surface area contributed by atoms with E-state index >= 15 is 0 Å². The van der Waals surface area contributed by atoms with Gasteiger partial charge in [0.25, 0.3) is 0 Å². The summed E-state index contributed by atoms with van der Waals surface area (Å²) in [6, 6.07) is 7.66. The molecule has 0 aromatic carbocycles. The smallest absolute Gasteiger partial charge is 0.475 e. The number of rotatable bonds is 6. The molecule has 0 unspecified atom stereocenters. The number of carbonyl (C=O) groups excluding carboxylic acids is 1. The molecule has 0 spiro atoms. The third-order valence-electron chi connectivity index (χ3n) is 5.54. The fourth-order valence-corrected chi connectivity index (χ4v) is 3.90. The molecule has 0 radical (unpaired) electrons. The summed E-state index contributed by atoms with van der Waals surface area (Å²) in [7, 11) is 0. The van der Waals surface area contributed by atoms with Gasteiger partial charge in [0.05, 0.1) is 36.6 Å². The Morgan fingerprint density at radius 3 is 2.15 bits per heavy atom. The molecule has 3 atom stereocenters. The molecular weight excluding hydrogens is 558 g/mol. The summed E-state index contributed by atoms with van der Waals surface area (Å²) < 4.78 is 74.7. The topological polar surface area (TPSA) is 155 Å². The van der Waals surface area contributed by atoms with Crippen LogP contribution in [-0.4, -0.2) is 80.7 Å². The van der Waals surface area contributed by atoms with Gasteiger partial charge >= 0.3 is 24.3 Å². The van der Waals surface area contributed by atoms with Gasteiger partial charge in [-0.2, -0.15) is 26.3 Å². The third kappa shape index (κ3) is 11.2. The van der Waals surface area contributed by atoms with Gasteiger partial charge in [0.15, 0.2) is 0 Å². The number of nitrogens with one attached hydrogen (secondary N) is 1. The van der Waals surface area contributed by atoms with Crippen LogP contribution in [0.25, 0.3) is 0 Å². The highest BCUT2D eigenvalue weighted by Gasteiger charge is 2.42. The number of likely N-dealkylation sites (tertiary alicyclic amines) is 1. The Balaban J connectivity index is 0.000000333. The van der Waals surface area contributed by atoms with E-state index in [0.717, 1.165) is 43.2 Å². The number of halogens is 6. The molecule has 17 heteroatoms. The van der Waals surface area contributed by atoms with Crippen LogP contribution >= 0.6 is 0 Å². The zero-order valence-electron chi connectivity index (χ0n) is 20.9. The van der Waals surface area contributed by atoms with Crippen molar-refractivity contribution in [3.8, 4) is 0 Å². The summed E-state index contributed by atoms with van der Waals surface area (Å²) in [5.74, 6) is -4.15. The molecule has 2 aromatic rings. The van der Waals surface area contributed by atoms with Crippen molar-refractivity contribution >= 4 is 17.8 Å². The summed E-state index contributed by atoms with van der Waals surface area (Å²) in [5.41, 5.74) is 1.83. The first kappa shape index (κ1) is 32.5. The van der Waals surface area contributed by atoms with Gasteiger partial charge in [-0.1, -0.05) is 11.2 Å². The average Bonchev–Trinajstić information content (AvgIpc) is 3.53. The summed E-state index contributed by atoms with van der Waals surface area (Å²) in [5, 5.41) is 21.2. The second-order valence-corrected chi connectivity index (χ2v) is 8.82. The van der Waals surface area contributed by atoms with Gasteiger partial charge in [-0.15, -0.1) is 0 Å². The minimum absolute atomic E-state index is 0.0187. The lowest BCUT2D eigenvalue weighted by Crippen LogP contribution is -2.29. The number of alkyl halides is 6. The lowest BCUT2D eigenvalue weighted by molar-refractivity contribution is -0.193. The van der Waals surface area contributed by atoms with Crippen molar-refractivity contribution < 1.29 is 60.2 Å². The first-order valence-corrected chi connectivity index (χ1v) is 11.6. The summed E-state index contributed by atoms with van der Waals surface area (Å²) >= 11 is 0. The number of aliphatic carboxylic acids is 2. The van der Waals surface area contributed by atoms with Gasteiger partial charge in [0.2, 0.25) is 5.91 Å². The number of fused-ring (bicyclic) bond motifs is 1. The fourth-order valence-electron chi connectivity index (χ4n) is 3.90. The van der Waals surface area contributed by atoms with Crippen molar-refractivity contribution in [2.45, 2.75) is 57.4 Å². The molecule has 4 heterocycles. The van der Waals surface area contributed by atoms with Crippen molar-refractivity contribution in [3.63, 3.8) is 0 Å². The molecule has 2 fully saturated rings. The number of ether oxygens (including phenoxy) is 1. The number of amides is 1. The van der Waals surface area contributed by atoms with E-state index in [1.807, 2.05) is 31.2 Å². The maximum Gasteiger partial charge on any atom is 0.490 e. The fraction of sp³-hybridized carbons (Fsp3) is 0.522. The Hall–Kier alpha value is -3.73. The van der Waals surface area contributed by atoms with E-state index in [4.69, 9.17) is 29.1 Å². The maximum absolute atomic E-state index is 12.2. The predicted octanol–water partition coefficient (Wildman–Crippen LogP) is 2.94. The van der Waals surface area contributed by atoms with Crippen molar-refractivity contribution in [2.24, 2.45) is 5.92 Å². The predicted molar refractivity (Wildman–Crippen MR) is 121 cm³/mol. The molecule has 0 bridgehead atoms. The van der Waals surface area contributed by atoms with Crippen LogP contribution < -0.4 is 5.32 Å². The van der Waals surface area contributed by atoms with E-state index in [-0.39, 0.29) is 18.1 Å². The Bertz CT molecular complexity index is 1090. The van der Waals surface area contributed by atoms with Gasteiger partial charge < -0.3 is 24.8 Å². The molecule has 40 heavy (non-hydrogen) atoms. The highest BCUT2D eigenvalue weighted by molar-refractivity contribution is 5.76. The zero-order chi connectivity index (χ0) is 30.1. The number of aryl methyl sites for hydroxylation is 1. The van der Waals surface area contributed by atoms with Crippen LogP contribution in [0.15, 0.2) is 35.0 Å². The van der Waals surface area contributed by atoms with Gasteiger partial charge in [0, 0.05) is 37.8 Å². The lowest BCUT2D eigenvalue weighted by atomic mass is 10.0. The standard InChI is InChI=1S/C19H24N4O3.2C2HF3O2/c1-13-6-16(22-26-13)11-23-10-14-7-17(25-18(14)12-23)8-19(24)21-9-15-4-2-3-5-20-15;2*3-2(4,5)1(6)7/h2-6,14,17-18H,7-12H2,1H3,(H,21,24);2*(H,6,7)/t14-,17+,18+;;/m0../s1. The van der Waals surface area contributed by atoms with E-state index in [1.165, 1.54) is 0 Å². The molecule has 1 amide bonds. The normalized spacial score (nSPS) is 20.4. The van der Waals surface area contributed by atoms with Crippen molar-refractivity contribution in [3.05, 3.63) is 47.6 Å². The average molecular weight is 584 g/mol. The van der Waals surface area contributed by atoms with Crippen molar-refractivity contribution in [1.29, 1.82) is 0 Å². The second kappa shape index (κ2) is 14.1. The maximum atomic E-state index is 12.2. The Kier molecular flexibility index (Phi) is 11.4. The molecule has 0 aliphatic carbocycles. The first-order chi connectivity index (χ1) is 18.5. The quantitative estimate of drug-likeness (QED) is 0.432. The Morgan fingerprint density at radius 1 is 1.05 bits per heavy atom. The minimum Gasteiger partial charge on any atom is -0.475 e. The van der Waals surface area contributed by atoms with Gasteiger partial charge in [-0.25, -0.2) is 9.59 Å². The van der Waals surface area contributed by atoms with Gasteiger partial charge in [-0.05, 0) is 25.5 Å². The Labute approximate surface area is 223 Å². The second-order valence-electron chi connectivity index (χ2n) is 8.82. The minimum atomic E-state index is -5.08. The summed E-state index contributed by atoms with van der Waals surface area (Å²) in [4.78, 5) is 36.5. The third-order valence-corrected chi connectivity index (χ3v) is 5.54. The number of hydrogen-bond acceptors (Lipinski definition) is 8. The Morgan fingerprint density at radius 2 is 1.68 bits per heavy atom. The van der Waals surface area contributed by atoms with Crippen LogP contribution in [0.3, 0.4) is 0 Å². The number of pyridine rings is 1. The van der Waals surface area contributed by atoms with Gasteiger partial charge in [0.1, 0.15) is 5.76 Å². The molecule has 222 valence electrons. The summed E-state index contributed by atoms with van der Waals surface area (Å²) in [6.45, 7) is 5.04. The highest BCUT2D eigenvalue weighted by atomic mass is 19.4.